The molecular formula is C23H25N3O4S. The zero-order valence-corrected chi connectivity index (χ0v) is 18.6. The summed E-state index contributed by atoms with van der Waals surface area (Å²) in [4.78, 5) is 24.3. The van der Waals surface area contributed by atoms with E-state index in [1.54, 1.807) is 38.1 Å². The first-order valence-electron chi connectivity index (χ1n) is 10.1. The van der Waals surface area contributed by atoms with Crippen LogP contribution >= 0.6 is 11.8 Å². The van der Waals surface area contributed by atoms with E-state index in [-0.39, 0.29) is 17.8 Å². The second-order valence-electron chi connectivity index (χ2n) is 7.18. The number of nitrogens with one attached hydrogen (secondary N) is 1. The fourth-order valence-corrected chi connectivity index (χ4v) is 3.35. The van der Waals surface area contributed by atoms with Crippen LogP contribution in [0.2, 0.25) is 0 Å². The molecule has 0 spiro atoms. The molecule has 7 nitrogen and oxygen atoms in total. The molecule has 0 fully saturated rings. The number of aryl methyl sites for hydroxylation is 1. The number of hydrogen-bond acceptors (Lipinski definition) is 7. The predicted octanol–water partition coefficient (Wildman–Crippen LogP) is 4.52. The third-order valence-electron chi connectivity index (χ3n) is 4.29. The van der Waals surface area contributed by atoms with E-state index in [4.69, 9.17) is 9.15 Å². The Morgan fingerprint density at radius 3 is 2.55 bits per heavy atom. The van der Waals surface area contributed by atoms with Crippen molar-refractivity contribution in [1.29, 1.82) is 0 Å². The van der Waals surface area contributed by atoms with Crippen molar-refractivity contribution >= 4 is 29.3 Å². The van der Waals surface area contributed by atoms with E-state index < -0.39 is 5.97 Å². The Kier molecular flexibility index (Phi) is 7.83. The number of carbonyl (C=O) groups excluding carboxylic acids is 2. The zero-order chi connectivity index (χ0) is 22.2. The summed E-state index contributed by atoms with van der Waals surface area (Å²) in [5.41, 5.74) is 3.27. The molecule has 162 valence electrons. The predicted molar refractivity (Wildman–Crippen MR) is 119 cm³/mol. The first kappa shape index (κ1) is 22.6. The number of esters is 1. The van der Waals surface area contributed by atoms with E-state index in [1.807, 2.05) is 12.1 Å². The van der Waals surface area contributed by atoms with Gasteiger partial charge in [-0.2, -0.15) is 0 Å². The van der Waals surface area contributed by atoms with Crippen LogP contribution < -0.4 is 5.32 Å². The summed E-state index contributed by atoms with van der Waals surface area (Å²) in [5, 5.41) is 11.1. The van der Waals surface area contributed by atoms with Gasteiger partial charge in [0, 0.05) is 5.69 Å². The van der Waals surface area contributed by atoms with Gasteiger partial charge in [0.15, 0.2) is 0 Å². The molecule has 0 saturated heterocycles. The topological polar surface area (TPSA) is 94.3 Å². The first-order chi connectivity index (χ1) is 14.9. The molecule has 0 unspecified atom stereocenters. The summed E-state index contributed by atoms with van der Waals surface area (Å²) in [6.45, 7) is 5.68. The van der Waals surface area contributed by atoms with Gasteiger partial charge in [-0.25, -0.2) is 4.79 Å². The lowest BCUT2D eigenvalue weighted by molar-refractivity contribution is -0.113. The van der Waals surface area contributed by atoms with E-state index in [1.165, 1.54) is 5.56 Å². The van der Waals surface area contributed by atoms with E-state index in [0.717, 1.165) is 23.7 Å². The number of nitrogens with zero attached hydrogens (tertiary/aromatic N) is 2. The van der Waals surface area contributed by atoms with Crippen LogP contribution in [0.4, 0.5) is 5.69 Å². The number of amides is 1. The molecule has 0 aliphatic carbocycles. The Balaban J connectivity index is 1.50. The fraction of sp³-hybridized carbons (Fsp3) is 0.304. The highest BCUT2D eigenvalue weighted by molar-refractivity contribution is 7.99. The molecule has 3 aromatic rings. The molecule has 0 bridgehead atoms. The van der Waals surface area contributed by atoms with Crippen LogP contribution in [0.15, 0.2) is 58.2 Å². The van der Waals surface area contributed by atoms with E-state index in [0.29, 0.717) is 28.8 Å². The SMILES string of the molecule is CCc1ccc(Cc2nnc(SCC(=O)Nc3cccc(C(=O)OC(C)C)c3)o2)cc1. The molecule has 3 rings (SSSR count). The average Bonchev–Trinajstić information content (AvgIpc) is 3.20. The summed E-state index contributed by atoms with van der Waals surface area (Å²) < 4.78 is 10.8. The summed E-state index contributed by atoms with van der Waals surface area (Å²) in [7, 11) is 0. The van der Waals surface area contributed by atoms with Gasteiger partial charge in [-0.15, -0.1) is 10.2 Å². The van der Waals surface area contributed by atoms with Crippen LogP contribution in [0.1, 0.15) is 48.1 Å². The van der Waals surface area contributed by atoms with E-state index in [2.05, 4.69) is 34.6 Å². The van der Waals surface area contributed by atoms with E-state index in [9.17, 15) is 9.59 Å². The summed E-state index contributed by atoms with van der Waals surface area (Å²) in [5.74, 6) is -0.0611. The Bertz CT molecular complexity index is 1030. The Labute approximate surface area is 185 Å². The van der Waals surface area contributed by atoms with Gasteiger partial charge in [-0.1, -0.05) is 49.0 Å². The number of hydrogen-bond donors (Lipinski definition) is 1. The van der Waals surface area contributed by atoms with Crippen LogP contribution in [0, 0.1) is 0 Å². The third-order valence-corrected chi connectivity index (χ3v) is 5.10. The molecule has 0 radical (unpaired) electrons. The maximum atomic E-state index is 12.3. The first-order valence-corrected chi connectivity index (χ1v) is 11.1. The lowest BCUT2D eigenvalue weighted by Gasteiger charge is -2.09. The lowest BCUT2D eigenvalue weighted by atomic mass is 10.1. The zero-order valence-electron chi connectivity index (χ0n) is 17.8. The second-order valence-corrected chi connectivity index (χ2v) is 8.11. The number of ether oxygens (including phenoxy) is 1. The van der Waals surface area contributed by atoms with Crippen LogP contribution in [0.25, 0.3) is 0 Å². The minimum Gasteiger partial charge on any atom is -0.459 e. The van der Waals surface area contributed by atoms with Crippen molar-refractivity contribution in [1.82, 2.24) is 10.2 Å². The highest BCUT2D eigenvalue weighted by atomic mass is 32.2. The molecule has 8 heteroatoms. The quantitative estimate of drug-likeness (QED) is 0.387. The van der Waals surface area contributed by atoms with Gasteiger partial charge in [0.05, 0.1) is 23.8 Å². The van der Waals surface area contributed by atoms with Crippen LogP contribution in [0.3, 0.4) is 0 Å². The molecule has 0 atom stereocenters. The smallest absolute Gasteiger partial charge is 0.338 e. The van der Waals surface area contributed by atoms with Crippen LogP contribution in [-0.2, 0) is 22.4 Å². The number of thioether (sulfide) groups is 1. The molecule has 1 heterocycles. The number of carbonyl (C=O) groups is 2. The van der Waals surface area contributed by atoms with Crippen molar-refractivity contribution < 1.29 is 18.7 Å². The maximum Gasteiger partial charge on any atom is 0.338 e. The van der Waals surface area contributed by atoms with E-state index >= 15 is 0 Å². The number of rotatable bonds is 9. The third kappa shape index (κ3) is 6.96. The maximum absolute atomic E-state index is 12.3. The Morgan fingerprint density at radius 2 is 1.84 bits per heavy atom. The number of anilines is 1. The van der Waals surface area contributed by atoms with Gasteiger partial charge >= 0.3 is 5.97 Å². The molecule has 31 heavy (non-hydrogen) atoms. The minimum absolute atomic E-state index is 0.105. The van der Waals surface area contributed by atoms with Gasteiger partial charge in [0.25, 0.3) is 5.22 Å². The van der Waals surface area contributed by atoms with Crippen molar-refractivity contribution in [2.24, 2.45) is 0 Å². The van der Waals surface area contributed by atoms with Gasteiger partial charge in [-0.3, -0.25) is 4.79 Å². The van der Waals surface area contributed by atoms with Gasteiger partial charge in [0.2, 0.25) is 11.8 Å². The second kappa shape index (κ2) is 10.8. The van der Waals surface area contributed by atoms with Gasteiger partial charge < -0.3 is 14.5 Å². The molecule has 2 aromatic carbocycles. The van der Waals surface area contributed by atoms with Crippen molar-refractivity contribution in [3.05, 3.63) is 71.1 Å². The largest absolute Gasteiger partial charge is 0.459 e. The molecule has 0 saturated carbocycles. The standard InChI is InChI=1S/C23H25N3O4S/c1-4-16-8-10-17(11-9-16)12-21-25-26-23(30-21)31-14-20(27)24-19-7-5-6-18(13-19)22(28)29-15(2)3/h5-11,13,15H,4,12,14H2,1-3H3,(H,24,27). The highest BCUT2D eigenvalue weighted by Crippen LogP contribution is 2.19. The Hall–Kier alpha value is -3.13. The lowest BCUT2D eigenvalue weighted by Crippen LogP contribution is -2.15. The van der Waals surface area contributed by atoms with Gasteiger partial charge in [0.1, 0.15) is 0 Å². The minimum atomic E-state index is -0.428. The molecule has 0 aliphatic heterocycles. The fourth-order valence-electron chi connectivity index (χ4n) is 2.77. The van der Waals surface area contributed by atoms with Crippen LogP contribution in [0.5, 0.6) is 0 Å². The summed E-state index contributed by atoms with van der Waals surface area (Å²) in [6, 6.07) is 14.9. The molecule has 1 aromatic heterocycles. The van der Waals surface area contributed by atoms with Gasteiger partial charge in [-0.05, 0) is 49.6 Å². The molecular weight excluding hydrogens is 414 g/mol. The average molecular weight is 440 g/mol. The molecule has 1 amide bonds. The monoisotopic (exact) mass is 439 g/mol. The van der Waals surface area contributed by atoms with Crippen molar-refractivity contribution in [2.45, 2.75) is 44.9 Å². The van der Waals surface area contributed by atoms with Crippen LogP contribution in [-0.4, -0.2) is 33.9 Å². The summed E-state index contributed by atoms with van der Waals surface area (Å²) in [6.07, 6.45) is 1.33. The summed E-state index contributed by atoms with van der Waals surface area (Å²) >= 11 is 1.16. The normalized spacial score (nSPS) is 10.8. The molecule has 1 N–H and O–H groups in total. The number of aromatic nitrogens is 2. The number of benzene rings is 2. The Morgan fingerprint density at radius 1 is 1.10 bits per heavy atom. The molecule has 0 aliphatic rings. The van der Waals surface area contributed by atoms with Crippen molar-refractivity contribution in [3.63, 3.8) is 0 Å². The van der Waals surface area contributed by atoms with Crippen molar-refractivity contribution in [3.8, 4) is 0 Å². The highest BCUT2D eigenvalue weighted by Gasteiger charge is 2.13. The van der Waals surface area contributed by atoms with Crippen molar-refractivity contribution in [2.75, 3.05) is 11.1 Å².